The monoisotopic (exact) mass is 497 g/mol. The van der Waals surface area contributed by atoms with Crippen LogP contribution in [-0.2, 0) is 23.8 Å². The molecule has 34 heavy (non-hydrogen) atoms. The van der Waals surface area contributed by atoms with Crippen molar-refractivity contribution in [1.82, 2.24) is 4.57 Å². The Morgan fingerprint density at radius 1 is 1.03 bits per heavy atom. The molecule has 1 aliphatic heterocycles. The van der Waals surface area contributed by atoms with Crippen molar-refractivity contribution >= 4 is 45.9 Å². The highest BCUT2D eigenvalue weighted by molar-refractivity contribution is 8.10. The summed E-state index contributed by atoms with van der Waals surface area (Å²) >= 11 is 2.66. The third-order valence-corrected chi connectivity index (χ3v) is 7.84. The summed E-state index contributed by atoms with van der Waals surface area (Å²) in [5, 5.41) is 0. The lowest BCUT2D eigenvalue weighted by Gasteiger charge is -2.23. The van der Waals surface area contributed by atoms with Crippen LogP contribution in [0.4, 0.5) is 0 Å². The molecule has 0 bridgehead atoms. The first kappa shape index (κ1) is 23.8. The molecule has 0 fully saturated rings. The quantitative estimate of drug-likeness (QED) is 0.261. The zero-order valence-electron chi connectivity index (χ0n) is 19.2. The van der Waals surface area contributed by atoms with Crippen LogP contribution < -0.4 is 0 Å². The van der Waals surface area contributed by atoms with Crippen molar-refractivity contribution in [1.29, 1.82) is 0 Å². The van der Waals surface area contributed by atoms with Gasteiger partial charge in [0.2, 0.25) is 0 Å². The van der Waals surface area contributed by atoms with Crippen molar-refractivity contribution < 1.29 is 28.6 Å². The second kappa shape index (κ2) is 9.90. The molecule has 0 saturated heterocycles. The molecular weight excluding hydrogens is 474 g/mol. The van der Waals surface area contributed by atoms with E-state index >= 15 is 0 Å². The number of thioether (sulfide) groups is 1. The Balaban J connectivity index is 2.01. The SMILES string of the molecule is CCOC(=O)c1sc2c(c1-c1ccccc1)-n1ccc(C)c1/C(=C(\CC(=O)OC)C(=O)OC)S2. The highest BCUT2D eigenvalue weighted by Gasteiger charge is 2.35. The molecule has 3 aromatic rings. The number of benzene rings is 1. The van der Waals surface area contributed by atoms with Crippen molar-refractivity contribution in [3.8, 4) is 16.8 Å². The molecule has 0 atom stereocenters. The molecule has 4 rings (SSSR count). The van der Waals surface area contributed by atoms with E-state index in [9.17, 15) is 14.4 Å². The summed E-state index contributed by atoms with van der Waals surface area (Å²) in [6, 6.07) is 11.6. The predicted octanol–water partition coefficient (Wildman–Crippen LogP) is 5.24. The minimum Gasteiger partial charge on any atom is -0.469 e. The highest BCUT2D eigenvalue weighted by atomic mass is 32.2. The van der Waals surface area contributed by atoms with Crippen LogP contribution in [0.15, 0.2) is 52.4 Å². The van der Waals surface area contributed by atoms with Gasteiger partial charge >= 0.3 is 17.9 Å². The molecular formula is C25H23NO6S2. The Morgan fingerprint density at radius 2 is 1.76 bits per heavy atom. The van der Waals surface area contributed by atoms with Gasteiger partial charge in [-0.2, -0.15) is 0 Å². The molecule has 0 amide bonds. The number of ether oxygens (including phenoxy) is 3. The molecule has 0 radical (unpaired) electrons. The first-order valence-electron chi connectivity index (χ1n) is 10.5. The molecule has 1 aliphatic rings. The minimum atomic E-state index is -0.603. The molecule has 0 N–H and O–H groups in total. The number of methoxy groups -OCH3 is 2. The molecule has 0 unspecified atom stereocenters. The maximum absolute atomic E-state index is 13.0. The smallest absolute Gasteiger partial charge is 0.349 e. The number of hydrogen-bond donors (Lipinski definition) is 0. The highest BCUT2D eigenvalue weighted by Crippen LogP contribution is 2.54. The number of esters is 3. The molecule has 2 aromatic heterocycles. The lowest BCUT2D eigenvalue weighted by molar-refractivity contribution is -0.143. The van der Waals surface area contributed by atoms with Gasteiger partial charge in [0, 0.05) is 16.7 Å². The van der Waals surface area contributed by atoms with Crippen LogP contribution in [0.2, 0.25) is 0 Å². The van der Waals surface area contributed by atoms with Crippen molar-refractivity contribution in [2.24, 2.45) is 0 Å². The minimum absolute atomic E-state index is 0.209. The Morgan fingerprint density at radius 3 is 2.41 bits per heavy atom. The summed E-state index contributed by atoms with van der Waals surface area (Å²) in [7, 11) is 2.56. The van der Waals surface area contributed by atoms with Crippen LogP contribution in [0, 0.1) is 6.92 Å². The van der Waals surface area contributed by atoms with Crippen LogP contribution in [0.25, 0.3) is 21.7 Å². The number of rotatable bonds is 6. The fourth-order valence-electron chi connectivity index (χ4n) is 3.84. The number of thiophene rings is 1. The Labute approximate surface area is 205 Å². The Hall–Kier alpha value is -3.30. The van der Waals surface area contributed by atoms with Gasteiger partial charge in [-0.05, 0) is 31.0 Å². The number of hydrogen-bond acceptors (Lipinski definition) is 8. The molecule has 176 valence electrons. The van der Waals surface area contributed by atoms with Crippen LogP contribution in [0.3, 0.4) is 0 Å². The van der Waals surface area contributed by atoms with E-state index in [1.165, 1.54) is 37.3 Å². The lowest BCUT2D eigenvalue weighted by atomic mass is 10.0. The van der Waals surface area contributed by atoms with Gasteiger partial charge in [-0.25, -0.2) is 9.59 Å². The fraction of sp³-hybridized carbons (Fsp3) is 0.240. The summed E-state index contributed by atoms with van der Waals surface area (Å²) in [5.41, 5.74) is 4.40. The largest absolute Gasteiger partial charge is 0.469 e. The van der Waals surface area contributed by atoms with Crippen LogP contribution in [-0.4, -0.2) is 43.3 Å². The van der Waals surface area contributed by atoms with Gasteiger partial charge in [-0.1, -0.05) is 42.1 Å². The predicted molar refractivity (Wildman–Crippen MR) is 131 cm³/mol. The number of nitrogens with zero attached hydrogens (tertiary/aromatic N) is 1. The molecule has 1 aromatic carbocycles. The number of fused-ring (bicyclic) bond motifs is 3. The van der Waals surface area contributed by atoms with E-state index in [2.05, 4.69) is 0 Å². The van der Waals surface area contributed by atoms with Crippen LogP contribution in [0.1, 0.15) is 34.3 Å². The van der Waals surface area contributed by atoms with E-state index in [0.29, 0.717) is 9.78 Å². The molecule has 0 saturated carbocycles. The molecule has 0 spiro atoms. The summed E-state index contributed by atoms with van der Waals surface area (Å²) in [4.78, 5) is 38.9. The summed E-state index contributed by atoms with van der Waals surface area (Å²) < 4.78 is 18.0. The number of aromatic nitrogens is 1. The zero-order valence-corrected chi connectivity index (χ0v) is 20.8. The van der Waals surface area contributed by atoms with Gasteiger partial charge in [0.05, 0.1) is 48.4 Å². The van der Waals surface area contributed by atoms with E-state index in [0.717, 1.165) is 32.3 Å². The fourth-order valence-corrected chi connectivity index (χ4v) is 6.56. The van der Waals surface area contributed by atoms with Crippen molar-refractivity contribution in [3.63, 3.8) is 0 Å². The zero-order chi connectivity index (χ0) is 24.4. The average molecular weight is 498 g/mol. The second-order valence-corrected chi connectivity index (χ2v) is 9.70. The van der Waals surface area contributed by atoms with E-state index < -0.39 is 17.9 Å². The molecule has 7 nitrogen and oxygen atoms in total. The van der Waals surface area contributed by atoms with Crippen molar-refractivity contribution in [3.05, 3.63) is 64.3 Å². The third-order valence-electron chi connectivity index (χ3n) is 5.37. The standard InChI is InChI=1S/C25H23NO6S2/c1-5-32-24(29)22-18(15-9-7-6-8-10-15)20-25(34-22)33-21(19-14(2)11-12-26(19)20)16(23(28)31-4)13-17(27)30-3/h6-12H,5,13H2,1-4H3/b21-16-. The number of carbonyl (C=O) groups excluding carboxylic acids is 3. The number of aryl methyl sites for hydroxylation is 1. The first-order chi connectivity index (χ1) is 16.4. The van der Waals surface area contributed by atoms with Crippen LogP contribution >= 0.6 is 23.1 Å². The van der Waals surface area contributed by atoms with Gasteiger partial charge in [0.1, 0.15) is 4.88 Å². The molecule has 0 aliphatic carbocycles. The van der Waals surface area contributed by atoms with Gasteiger partial charge < -0.3 is 18.8 Å². The third kappa shape index (κ3) is 4.17. The maximum Gasteiger partial charge on any atom is 0.349 e. The topological polar surface area (TPSA) is 83.8 Å². The van der Waals surface area contributed by atoms with Gasteiger partial charge in [-0.15, -0.1) is 11.3 Å². The van der Waals surface area contributed by atoms with Gasteiger partial charge in [0.25, 0.3) is 0 Å². The average Bonchev–Trinajstić information content (AvgIpc) is 3.43. The van der Waals surface area contributed by atoms with E-state index in [1.54, 1.807) is 6.92 Å². The van der Waals surface area contributed by atoms with E-state index in [1.807, 2.05) is 54.1 Å². The number of carbonyl (C=O) groups is 3. The Kier molecular flexibility index (Phi) is 6.95. The molecule has 3 heterocycles. The van der Waals surface area contributed by atoms with Crippen molar-refractivity contribution in [2.45, 2.75) is 24.5 Å². The second-order valence-electron chi connectivity index (χ2n) is 7.40. The maximum atomic E-state index is 13.0. The normalized spacial score (nSPS) is 13.5. The summed E-state index contributed by atoms with van der Waals surface area (Å²) in [5.74, 6) is -1.55. The van der Waals surface area contributed by atoms with Crippen LogP contribution in [0.5, 0.6) is 0 Å². The lowest BCUT2D eigenvalue weighted by Crippen LogP contribution is -2.15. The summed E-state index contributed by atoms with van der Waals surface area (Å²) in [6.45, 7) is 3.96. The van der Waals surface area contributed by atoms with Gasteiger partial charge in [0.15, 0.2) is 0 Å². The van der Waals surface area contributed by atoms with Gasteiger partial charge in [-0.3, -0.25) is 4.79 Å². The summed E-state index contributed by atoms with van der Waals surface area (Å²) in [6.07, 6.45) is 1.68. The molecule has 9 heteroatoms. The van der Waals surface area contributed by atoms with E-state index in [-0.39, 0.29) is 18.6 Å². The van der Waals surface area contributed by atoms with Crippen molar-refractivity contribution in [2.75, 3.05) is 20.8 Å². The Bertz CT molecular complexity index is 1300. The first-order valence-corrected chi connectivity index (χ1v) is 12.2. The van der Waals surface area contributed by atoms with E-state index in [4.69, 9.17) is 14.2 Å².